The SMILES string of the molecule is Cc1cc(Cl)c(N)cc1S(=O)(=O)N(C)Cc1ccccn1. The molecule has 7 heteroatoms. The summed E-state index contributed by atoms with van der Waals surface area (Å²) in [4.78, 5) is 4.28. The Morgan fingerprint density at radius 1 is 1.33 bits per heavy atom. The molecule has 5 nitrogen and oxygen atoms in total. The summed E-state index contributed by atoms with van der Waals surface area (Å²) in [6, 6.07) is 8.31. The molecule has 0 unspecified atom stereocenters. The van der Waals surface area contributed by atoms with E-state index in [1.54, 1.807) is 31.3 Å². The summed E-state index contributed by atoms with van der Waals surface area (Å²) in [5.74, 6) is 0. The lowest BCUT2D eigenvalue weighted by atomic mass is 10.2. The molecule has 0 spiro atoms. The molecular formula is C14H16ClN3O2S. The molecule has 0 aliphatic rings. The van der Waals surface area contributed by atoms with Crippen molar-refractivity contribution in [1.82, 2.24) is 9.29 Å². The summed E-state index contributed by atoms with van der Waals surface area (Å²) < 4.78 is 26.5. The standard InChI is InChI=1S/C14H16ClN3O2S/c1-10-7-12(15)13(16)8-14(10)21(19,20)18(2)9-11-5-3-4-6-17-11/h3-8H,9,16H2,1-2H3. The van der Waals surface area contributed by atoms with Crippen LogP contribution in [0.5, 0.6) is 0 Å². The van der Waals surface area contributed by atoms with Crippen LogP contribution in [0.2, 0.25) is 5.02 Å². The molecule has 112 valence electrons. The first-order chi connectivity index (χ1) is 9.82. The molecule has 1 heterocycles. The van der Waals surface area contributed by atoms with Crippen molar-refractivity contribution in [3.05, 3.63) is 52.8 Å². The van der Waals surface area contributed by atoms with Gasteiger partial charge >= 0.3 is 0 Å². The fraction of sp³-hybridized carbons (Fsp3) is 0.214. The summed E-state index contributed by atoms with van der Waals surface area (Å²) in [7, 11) is -2.14. The highest BCUT2D eigenvalue weighted by Gasteiger charge is 2.24. The number of nitrogens with two attached hydrogens (primary N) is 1. The number of benzene rings is 1. The van der Waals surface area contributed by atoms with Crippen LogP contribution in [0.4, 0.5) is 5.69 Å². The third-order valence-corrected chi connectivity index (χ3v) is 5.37. The first-order valence-electron chi connectivity index (χ1n) is 6.24. The van der Waals surface area contributed by atoms with Gasteiger partial charge < -0.3 is 5.73 Å². The van der Waals surface area contributed by atoms with Crippen molar-refractivity contribution >= 4 is 27.3 Å². The van der Waals surface area contributed by atoms with Crippen molar-refractivity contribution in [1.29, 1.82) is 0 Å². The summed E-state index contributed by atoms with van der Waals surface area (Å²) in [5.41, 5.74) is 7.18. The van der Waals surface area contributed by atoms with Crippen LogP contribution in [0.1, 0.15) is 11.3 Å². The van der Waals surface area contributed by atoms with Gasteiger partial charge in [0.1, 0.15) is 0 Å². The minimum atomic E-state index is -3.65. The number of sulfonamides is 1. The maximum Gasteiger partial charge on any atom is 0.243 e. The van der Waals surface area contributed by atoms with Gasteiger partial charge in [0.05, 0.1) is 27.8 Å². The first kappa shape index (κ1) is 15.8. The Morgan fingerprint density at radius 3 is 2.67 bits per heavy atom. The molecule has 0 radical (unpaired) electrons. The van der Waals surface area contributed by atoms with Crippen LogP contribution in [-0.4, -0.2) is 24.8 Å². The van der Waals surface area contributed by atoms with Gasteiger partial charge in [-0.15, -0.1) is 0 Å². The predicted molar refractivity (Wildman–Crippen MR) is 83.5 cm³/mol. The number of nitrogens with zero attached hydrogens (tertiary/aromatic N) is 2. The second-order valence-electron chi connectivity index (χ2n) is 4.72. The number of hydrogen-bond donors (Lipinski definition) is 1. The number of nitrogen functional groups attached to an aromatic ring is 1. The molecule has 0 saturated carbocycles. The Bertz CT molecular complexity index is 748. The van der Waals surface area contributed by atoms with Crippen molar-refractivity contribution in [2.45, 2.75) is 18.4 Å². The summed E-state index contributed by atoms with van der Waals surface area (Å²) in [6.45, 7) is 1.87. The number of pyridine rings is 1. The van der Waals surface area contributed by atoms with Crippen LogP contribution in [-0.2, 0) is 16.6 Å². The number of rotatable bonds is 4. The van der Waals surface area contributed by atoms with Gasteiger partial charge in [-0.2, -0.15) is 4.31 Å². The van der Waals surface area contributed by atoms with Crippen molar-refractivity contribution in [3.63, 3.8) is 0 Å². The fourth-order valence-corrected chi connectivity index (χ4v) is 3.52. The molecule has 0 aliphatic carbocycles. The van der Waals surface area contributed by atoms with E-state index in [9.17, 15) is 8.42 Å². The molecule has 0 bridgehead atoms. The smallest absolute Gasteiger partial charge is 0.243 e. The van der Waals surface area contributed by atoms with E-state index in [1.165, 1.54) is 17.4 Å². The maximum absolute atomic E-state index is 12.6. The van der Waals surface area contributed by atoms with Gasteiger partial charge in [0.25, 0.3) is 0 Å². The highest BCUT2D eigenvalue weighted by molar-refractivity contribution is 7.89. The minimum absolute atomic E-state index is 0.155. The van der Waals surface area contributed by atoms with Crippen LogP contribution in [0.25, 0.3) is 0 Å². The highest BCUT2D eigenvalue weighted by atomic mass is 35.5. The van der Waals surface area contributed by atoms with E-state index in [0.29, 0.717) is 16.3 Å². The third kappa shape index (κ3) is 3.34. The molecule has 0 saturated heterocycles. The number of aryl methyl sites for hydroxylation is 1. The molecule has 2 N–H and O–H groups in total. The fourth-order valence-electron chi connectivity index (χ4n) is 1.92. The summed E-state index contributed by atoms with van der Waals surface area (Å²) in [6.07, 6.45) is 1.63. The molecule has 2 rings (SSSR count). The molecular weight excluding hydrogens is 310 g/mol. The van der Waals surface area contributed by atoms with E-state index in [1.807, 2.05) is 6.07 Å². The molecule has 21 heavy (non-hydrogen) atoms. The van der Waals surface area contributed by atoms with Gasteiger partial charge in [-0.05, 0) is 36.8 Å². The van der Waals surface area contributed by atoms with Gasteiger partial charge in [-0.3, -0.25) is 4.98 Å². The zero-order valence-electron chi connectivity index (χ0n) is 11.7. The van der Waals surface area contributed by atoms with E-state index in [-0.39, 0.29) is 17.1 Å². The zero-order valence-corrected chi connectivity index (χ0v) is 13.3. The molecule has 0 aliphatic heterocycles. The van der Waals surface area contributed by atoms with Crippen LogP contribution >= 0.6 is 11.6 Å². The third-order valence-electron chi connectivity index (χ3n) is 3.09. The average Bonchev–Trinajstić information content (AvgIpc) is 2.43. The van der Waals surface area contributed by atoms with Crippen molar-refractivity contribution < 1.29 is 8.42 Å². The van der Waals surface area contributed by atoms with E-state index >= 15 is 0 Å². The lowest BCUT2D eigenvalue weighted by Gasteiger charge is -2.18. The van der Waals surface area contributed by atoms with Gasteiger partial charge in [0.2, 0.25) is 10.0 Å². The number of aromatic nitrogens is 1. The molecule has 0 atom stereocenters. The second-order valence-corrected chi connectivity index (χ2v) is 7.14. The molecule has 2 aromatic rings. The van der Waals surface area contributed by atoms with E-state index in [4.69, 9.17) is 17.3 Å². The van der Waals surface area contributed by atoms with Crippen LogP contribution in [0.3, 0.4) is 0 Å². The molecule has 1 aromatic carbocycles. The Balaban J connectivity index is 2.36. The molecule has 1 aromatic heterocycles. The van der Waals surface area contributed by atoms with Crippen LogP contribution in [0.15, 0.2) is 41.4 Å². The van der Waals surface area contributed by atoms with Gasteiger partial charge in [0, 0.05) is 13.2 Å². The summed E-state index contributed by atoms with van der Waals surface area (Å²) >= 11 is 5.90. The van der Waals surface area contributed by atoms with Gasteiger partial charge in [-0.1, -0.05) is 17.7 Å². The number of anilines is 1. The topological polar surface area (TPSA) is 76.3 Å². The van der Waals surface area contributed by atoms with Crippen LogP contribution in [0, 0.1) is 6.92 Å². The number of halogens is 1. The molecule has 0 fully saturated rings. The van der Waals surface area contributed by atoms with Crippen molar-refractivity contribution in [3.8, 4) is 0 Å². The Kier molecular flexibility index (Phi) is 4.51. The summed E-state index contributed by atoms with van der Waals surface area (Å²) in [5, 5.41) is 0.346. The van der Waals surface area contributed by atoms with E-state index in [2.05, 4.69) is 4.98 Å². The highest BCUT2D eigenvalue weighted by Crippen LogP contribution is 2.28. The lowest BCUT2D eigenvalue weighted by molar-refractivity contribution is 0.462. The van der Waals surface area contributed by atoms with Gasteiger partial charge in [0.15, 0.2) is 0 Å². The van der Waals surface area contributed by atoms with Gasteiger partial charge in [-0.25, -0.2) is 8.42 Å². The Morgan fingerprint density at radius 2 is 2.05 bits per heavy atom. The predicted octanol–water partition coefficient (Wildman–Crippen LogP) is 2.45. The molecule has 0 amide bonds. The Labute approximate surface area is 129 Å². The van der Waals surface area contributed by atoms with Crippen molar-refractivity contribution in [2.75, 3.05) is 12.8 Å². The largest absolute Gasteiger partial charge is 0.397 e. The average molecular weight is 326 g/mol. The Hall–Kier alpha value is -1.63. The normalized spacial score (nSPS) is 11.8. The van der Waals surface area contributed by atoms with Crippen LogP contribution < -0.4 is 5.73 Å². The second kappa shape index (κ2) is 6.01. The first-order valence-corrected chi connectivity index (χ1v) is 8.06. The minimum Gasteiger partial charge on any atom is -0.397 e. The lowest BCUT2D eigenvalue weighted by Crippen LogP contribution is -2.27. The van der Waals surface area contributed by atoms with Crippen molar-refractivity contribution in [2.24, 2.45) is 0 Å². The van der Waals surface area contributed by atoms with E-state index in [0.717, 1.165) is 0 Å². The monoisotopic (exact) mass is 325 g/mol. The number of hydrogen-bond acceptors (Lipinski definition) is 4. The van der Waals surface area contributed by atoms with E-state index < -0.39 is 10.0 Å². The maximum atomic E-state index is 12.6. The quantitative estimate of drug-likeness (QED) is 0.876. The zero-order chi connectivity index (χ0) is 15.6.